The van der Waals surface area contributed by atoms with Crippen LogP contribution in [0.3, 0.4) is 0 Å². The highest BCUT2D eigenvalue weighted by atomic mass is 35.5. The topological polar surface area (TPSA) is 77.8 Å². The predicted octanol–water partition coefficient (Wildman–Crippen LogP) is 3.65. The van der Waals surface area contributed by atoms with Crippen LogP contribution in [-0.2, 0) is 4.74 Å². The summed E-state index contributed by atoms with van der Waals surface area (Å²) in [6.45, 7) is 0.933. The molecule has 1 aliphatic rings. The van der Waals surface area contributed by atoms with E-state index in [0.29, 0.717) is 19.6 Å². The number of aromatic nitrogens is 3. The number of fused-ring (bicyclic) bond motifs is 1. The minimum Gasteiger partial charge on any atom is -0.470 e. The monoisotopic (exact) mass is 440 g/mol. The summed E-state index contributed by atoms with van der Waals surface area (Å²) in [5.74, 6) is -1.72. The summed E-state index contributed by atoms with van der Waals surface area (Å²) in [6.07, 6.45) is -1.43. The molecular formula is C19H16ClF3N4O3. The Balaban J connectivity index is 1.86. The fraction of sp³-hybridized carbons (Fsp3) is 0.316. The summed E-state index contributed by atoms with van der Waals surface area (Å²) in [4.78, 5) is 16.1. The molecule has 30 heavy (non-hydrogen) atoms. The van der Waals surface area contributed by atoms with E-state index in [-0.39, 0.29) is 39.5 Å². The molecule has 2 aromatic heterocycles. The molecule has 3 aromatic rings. The third-order valence-electron chi connectivity index (χ3n) is 4.68. The van der Waals surface area contributed by atoms with Crippen LogP contribution < -0.4 is 10.1 Å². The highest BCUT2D eigenvalue weighted by Crippen LogP contribution is 2.33. The maximum atomic E-state index is 14.9. The molecule has 7 nitrogen and oxygen atoms in total. The first kappa shape index (κ1) is 20.4. The van der Waals surface area contributed by atoms with Crippen LogP contribution >= 0.6 is 11.6 Å². The van der Waals surface area contributed by atoms with Crippen LogP contribution in [0.4, 0.5) is 13.2 Å². The largest absolute Gasteiger partial charge is 0.470 e. The van der Waals surface area contributed by atoms with Crippen LogP contribution in [0.25, 0.3) is 16.9 Å². The Kier molecular flexibility index (Phi) is 5.52. The normalized spacial score (nSPS) is 16.4. The van der Waals surface area contributed by atoms with Crippen molar-refractivity contribution in [3.05, 3.63) is 46.4 Å². The van der Waals surface area contributed by atoms with Crippen LogP contribution in [0.5, 0.6) is 5.88 Å². The number of ether oxygens (including phenoxy) is 2. The molecule has 158 valence electrons. The number of amides is 1. The Bertz CT molecular complexity index is 1120. The van der Waals surface area contributed by atoms with Crippen molar-refractivity contribution in [1.29, 1.82) is 0 Å². The molecular weight excluding hydrogens is 425 g/mol. The summed E-state index contributed by atoms with van der Waals surface area (Å²) in [7, 11) is 1.35. The fourth-order valence-corrected chi connectivity index (χ4v) is 3.35. The van der Waals surface area contributed by atoms with Gasteiger partial charge in [-0.2, -0.15) is 0 Å². The molecule has 0 saturated carbocycles. The van der Waals surface area contributed by atoms with Gasteiger partial charge in [0.15, 0.2) is 5.65 Å². The molecule has 1 fully saturated rings. The van der Waals surface area contributed by atoms with Crippen molar-refractivity contribution in [2.45, 2.75) is 19.0 Å². The second-order valence-electron chi connectivity index (χ2n) is 6.62. The Morgan fingerprint density at radius 3 is 2.87 bits per heavy atom. The van der Waals surface area contributed by atoms with Gasteiger partial charge >= 0.3 is 0 Å². The summed E-state index contributed by atoms with van der Waals surface area (Å²) in [6, 6.07) is 3.47. The molecule has 4 rings (SSSR count). The smallest absolute Gasteiger partial charge is 0.266 e. The van der Waals surface area contributed by atoms with E-state index < -0.39 is 23.7 Å². The number of hydrogen-bond donors (Lipinski definition) is 1. The summed E-state index contributed by atoms with van der Waals surface area (Å²) < 4.78 is 54.0. The van der Waals surface area contributed by atoms with Crippen LogP contribution in [0.2, 0.25) is 5.02 Å². The lowest BCUT2D eigenvalue weighted by Gasteiger charge is -2.13. The average molecular weight is 441 g/mol. The van der Waals surface area contributed by atoms with Gasteiger partial charge in [-0.3, -0.25) is 4.79 Å². The number of alkyl halides is 2. The third kappa shape index (κ3) is 3.68. The predicted molar refractivity (Wildman–Crippen MR) is 102 cm³/mol. The summed E-state index contributed by atoms with van der Waals surface area (Å²) in [5, 5.41) is 6.81. The Hall–Kier alpha value is -2.85. The van der Waals surface area contributed by atoms with Gasteiger partial charge in [-0.15, -0.1) is 5.10 Å². The number of rotatable bonds is 5. The zero-order valence-corrected chi connectivity index (χ0v) is 16.4. The van der Waals surface area contributed by atoms with Crippen LogP contribution in [0, 0.1) is 5.82 Å². The summed E-state index contributed by atoms with van der Waals surface area (Å²) >= 11 is 6.21. The second-order valence-corrected chi connectivity index (χ2v) is 7.03. The van der Waals surface area contributed by atoms with Gasteiger partial charge in [0.25, 0.3) is 18.2 Å². The van der Waals surface area contributed by atoms with Gasteiger partial charge in [0.2, 0.25) is 0 Å². The van der Waals surface area contributed by atoms with Gasteiger partial charge in [0.1, 0.15) is 16.9 Å². The number of imidazole rings is 1. The van der Waals surface area contributed by atoms with E-state index in [1.54, 1.807) is 0 Å². The van der Waals surface area contributed by atoms with Crippen molar-refractivity contribution in [3.63, 3.8) is 0 Å². The second kappa shape index (κ2) is 8.11. The highest BCUT2D eigenvalue weighted by molar-refractivity contribution is 6.32. The number of benzene rings is 1. The highest BCUT2D eigenvalue weighted by Gasteiger charge is 2.25. The van der Waals surface area contributed by atoms with E-state index in [4.69, 9.17) is 21.1 Å². The van der Waals surface area contributed by atoms with Gasteiger partial charge in [0, 0.05) is 30.7 Å². The Labute approximate surface area is 173 Å². The molecule has 3 heterocycles. The quantitative estimate of drug-likeness (QED) is 0.655. The first-order valence-electron chi connectivity index (χ1n) is 9.01. The molecule has 11 heteroatoms. The van der Waals surface area contributed by atoms with E-state index in [0.717, 1.165) is 6.07 Å². The third-order valence-corrected chi connectivity index (χ3v) is 4.95. The minimum absolute atomic E-state index is 0.0688. The molecule has 1 aliphatic heterocycles. The minimum atomic E-state index is -3.11. The zero-order valence-electron chi connectivity index (χ0n) is 15.7. The van der Waals surface area contributed by atoms with Crippen molar-refractivity contribution in [2.75, 3.05) is 20.3 Å². The van der Waals surface area contributed by atoms with Gasteiger partial charge < -0.3 is 14.8 Å². The molecule has 1 atom stereocenters. The number of nitrogens with one attached hydrogen (secondary N) is 1. The lowest BCUT2D eigenvalue weighted by molar-refractivity contribution is 0.0962. The van der Waals surface area contributed by atoms with Crippen molar-refractivity contribution in [1.82, 2.24) is 19.9 Å². The molecule has 0 spiro atoms. The van der Waals surface area contributed by atoms with Crippen molar-refractivity contribution < 1.29 is 27.4 Å². The van der Waals surface area contributed by atoms with E-state index in [2.05, 4.69) is 15.4 Å². The Morgan fingerprint density at radius 2 is 2.20 bits per heavy atom. The van der Waals surface area contributed by atoms with Crippen molar-refractivity contribution in [2.24, 2.45) is 0 Å². The van der Waals surface area contributed by atoms with E-state index in [9.17, 15) is 18.0 Å². The molecule has 1 amide bonds. The maximum Gasteiger partial charge on any atom is 0.266 e. The lowest BCUT2D eigenvalue weighted by Crippen LogP contribution is -2.19. The molecule has 1 aromatic carbocycles. The van der Waals surface area contributed by atoms with Crippen molar-refractivity contribution >= 4 is 23.2 Å². The first-order chi connectivity index (χ1) is 14.4. The van der Waals surface area contributed by atoms with Gasteiger partial charge in [-0.05, 0) is 12.1 Å². The van der Waals surface area contributed by atoms with Crippen LogP contribution in [0.1, 0.15) is 28.8 Å². The lowest BCUT2D eigenvalue weighted by atomic mass is 10.0. The maximum absolute atomic E-state index is 14.9. The van der Waals surface area contributed by atoms with E-state index in [1.807, 2.05) is 0 Å². The van der Waals surface area contributed by atoms with E-state index in [1.165, 1.54) is 29.9 Å². The van der Waals surface area contributed by atoms with Crippen LogP contribution in [-0.4, -0.2) is 46.9 Å². The number of nitrogens with zero attached hydrogens (tertiary/aromatic N) is 3. The molecule has 1 N–H and O–H groups in total. The standard InChI is InChI=1S/C19H16ClF3N4O3/c1-24-18(28)9-4-11(16(21)12(5-9)17(22)23)14-7-25-15-6-13(20)19(26-27(14)15)30-10-2-3-29-8-10/h4-7,10,17H,2-3,8H2,1H3,(H,24,28). The van der Waals surface area contributed by atoms with Crippen LogP contribution in [0.15, 0.2) is 24.4 Å². The zero-order chi connectivity index (χ0) is 21.4. The van der Waals surface area contributed by atoms with Gasteiger partial charge in [0.05, 0.1) is 30.7 Å². The molecule has 1 unspecified atom stereocenters. The number of halogens is 4. The molecule has 1 saturated heterocycles. The van der Waals surface area contributed by atoms with E-state index >= 15 is 0 Å². The van der Waals surface area contributed by atoms with Gasteiger partial charge in [-0.1, -0.05) is 11.6 Å². The number of carbonyl (C=O) groups is 1. The fourth-order valence-electron chi connectivity index (χ4n) is 3.17. The van der Waals surface area contributed by atoms with Crippen molar-refractivity contribution in [3.8, 4) is 17.1 Å². The Morgan fingerprint density at radius 1 is 1.40 bits per heavy atom. The number of carbonyl (C=O) groups excluding carboxylic acids is 1. The molecule has 0 radical (unpaired) electrons. The molecule has 0 bridgehead atoms. The average Bonchev–Trinajstić information content (AvgIpc) is 3.37. The van der Waals surface area contributed by atoms with Gasteiger partial charge in [-0.25, -0.2) is 22.7 Å². The first-order valence-corrected chi connectivity index (χ1v) is 9.39. The summed E-state index contributed by atoms with van der Waals surface area (Å²) in [5.41, 5.74) is -0.932. The SMILES string of the molecule is CNC(=O)c1cc(-c2cnc3cc(Cl)c(OC4CCOC4)nn23)c(F)c(C(F)F)c1. The molecule has 0 aliphatic carbocycles. The number of hydrogen-bond acceptors (Lipinski definition) is 5.